The Morgan fingerprint density at radius 1 is 0.392 bits per heavy atom. The lowest BCUT2D eigenvalue weighted by Crippen LogP contribution is -2.69. The Morgan fingerprint density at radius 2 is 0.722 bits per heavy atom. The lowest BCUT2D eigenvalue weighted by atomic mass is 9.84. The summed E-state index contributed by atoms with van der Waals surface area (Å²) < 4.78 is 65.0. The van der Waals surface area contributed by atoms with Gasteiger partial charge in [-0.1, -0.05) is 218 Å². The van der Waals surface area contributed by atoms with Gasteiger partial charge in [-0.25, -0.2) is 4.57 Å². The summed E-state index contributed by atoms with van der Waals surface area (Å²) >= 11 is 0. The van der Waals surface area contributed by atoms with E-state index >= 15 is 0 Å². The molecule has 11 N–H and O–H groups in total. The topological polar surface area (TPSA) is 374 Å². The van der Waals surface area contributed by atoms with Crippen molar-refractivity contribution in [2.24, 2.45) is 0 Å². The Bertz CT molecular complexity index is 2110. The molecule has 18 unspecified atom stereocenters. The second-order valence-corrected chi connectivity index (χ2v) is 28.4. The number of phosphoric acid groups is 1. The van der Waals surface area contributed by atoms with Crippen LogP contribution in [0.5, 0.6) is 0 Å². The van der Waals surface area contributed by atoms with Crippen LogP contribution in [0.2, 0.25) is 0 Å². The van der Waals surface area contributed by atoms with E-state index in [0.717, 1.165) is 96.3 Å². The molecule has 3 rings (SSSR count). The standard InChI is InChI=1S/C72H131O24P/c1-4-7-10-13-16-19-22-25-27-30-33-36-39-42-45-48-58(76)91-53(50-88-56(74)46-43-40-37-34-32-29-26-23-20-17-14-11-8-5-2)51-90-97(86,87)96-70-68(94-71-66(84)61(79)59(77)54(49-73)92-71)64(82)63(81)65(83)69(70)95-72-67(85)62(80)60(78)55(93-72)52-89-57(75)47-44-41-38-35-31-28-24-21-18-15-12-9-6-3/h28-29,31-32,53-55,59-73,77-85H,4-27,30,33-52H2,1-3H3,(H,86,87)/b31-28-,32-29-. The molecule has 18 atom stereocenters. The van der Waals surface area contributed by atoms with E-state index in [9.17, 15) is 74.9 Å². The minimum absolute atomic E-state index is 0.00773. The summed E-state index contributed by atoms with van der Waals surface area (Å²) in [6, 6.07) is 0. The third kappa shape index (κ3) is 37.4. The van der Waals surface area contributed by atoms with Crippen molar-refractivity contribution in [3.8, 4) is 0 Å². The number of carbonyl (C=O) groups excluding carboxylic acids is 3. The van der Waals surface area contributed by atoms with Crippen LogP contribution in [0.15, 0.2) is 24.3 Å². The predicted octanol–water partition coefficient (Wildman–Crippen LogP) is 10.1. The van der Waals surface area contributed by atoms with Gasteiger partial charge in [0.25, 0.3) is 0 Å². The molecule has 0 spiro atoms. The van der Waals surface area contributed by atoms with Gasteiger partial charge in [-0.2, -0.15) is 0 Å². The Morgan fingerprint density at radius 3 is 1.12 bits per heavy atom. The summed E-state index contributed by atoms with van der Waals surface area (Å²) in [7, 11) is -5.70. The first-order chi connectivity index (χ1) is 46.8. The van der Waals surface area contributed by atoms with Crippen LogP contribution in [-0.2, 0) is 61.2 Å². The lowest BCUT2D eigenvalue weighted by Gasteiger charge is -2.49. The molecule has 0 aromatic carbocycles. The van der Waals surface area contributed by atoms with E-state index in [0.29, 0.717) is 19.3 Å². The summed E-state index contributed by atoms with van der Waals surface area (Å²) in [5, 5.41) is 110. The van der Waals surface area contributed by atoms with E-state index in [1.54, 1.807) is 0 Å². The Labute approximate surface area is 579 Å². The van der Waals surface area contributed by atoms with Gasteiger partial charge in [0.2, 0.25) is 0 Å². The van der Waals surface area contributed by atoms with Gasteiger partial charge < -0.3 is 89.1 Å². The highest BCUT2D eigenvalue weighted by atomic mass is 31.2. The van der Waals surface area contributed by atoms with Crippen molar-refractivity contribution < 1.29 is 117 Å². The van der Waals surface area contributed by atoms with Crippen LogP contribution in [0.3, 0.4) is 0 Å². The van der Waals surface area contributed by atoms with E-state index in [-0.39, 0.29) is 19.3 Å². The molecule has 3 fully saturated rings. The Hall–Kier alpha value is -2.56. The number of hydrogen-bond acceptors (Lipinski definition) is 23. The fraction of sp³-hybridized carbons (Fsp3) is 0.903. The Balaban J connectivity index is 1.75. The maximum Gasteiger partial charge on any atom is 0.472 e. The highest BCUT2D eigenvalue weighted by molar-refractivity contribution is 7.47. The summed E-state index contributed by atoms with van der Waals surface area (Å²) in [6.07, 6.45) is 13.9. The smallest absolute Gasteiger partial charge is 0.463 e. The summed E-state index contributed by atoms with van der Waals surface area (Å²) in [5.41, 5.74) is 0. The van der Waals surface area contributed by atoms with Crippen molar-refractivity contribution >= 4 is 25.7 Å². The van der Waals surface area contributed by atoms with Crippen molar-refractivity contribution in [2.45, 2.75) is 388 Å². The van der Waals surface area contributed by atoms with Crippen molar-refractivity contribution in [3.05, 3.63) is 24.3 Å². The maximum atomic E-state index is 14.3. The maximum absolute atomic E-state index is 14.3. The molecule has 2 saturated heterocycles. The summed E-state index contributed by atoms with van der Waals surface area (Å²) in [5.74, 6) is -2.02. The van der Waals surface area contributed by atoms with Gasteiger partial charge in [-0.3, -0.25) is 23.4 Å². The van der Waals surface area contributed by atoms with Crippen molar-refractivity contribution in [1.29, 1.82) is 0 Å². The molecule has 568 valence electrons. The van der Waals surface area contributed by atoms with Crippen molar-refractivity contribution in [2.75, 3.05) is 26.4 Å². The fourth-order valence-electron chi connectivity index (χ4n) is 12.3. The van der Waals surface area contributed by atoms with Crippen LogP contribution in [-0.4, -0.2) is 204 Å². The van der Waals surface area contributed by atoms with E-state index < -0.39 is 156 Å². The van der Waals surface area contributed by atoms with Gasteiger partial charge in [0.1, 0.15) is 98.7 Å². The zero-order valence-corrected chi connectivity index (χ0v) is 60.0. The number of rotatable bonds is 58. The van der Waals surface area contributed by atoms with E-state index in [4.69, 9.17) is 42.2 Å². The van der Waals surface area contributed by atoms with Gasteiger partial charge in [0.05, 0.1) is 13.2 Å². The van der Waals surface area contributed by atoms with E-state index in [1.807, 2.05) is 0 Å². The highest BCUT2D eigenvalue weighted by Crippen LogP contribution is 2.49. The third-order valence-corrected chi connectivity index (χ3v) is 19.4. The number of allylic oxidation sites excluding steroid dienone is 4. The summed E-state index contributed by atoms with van der Waals surface area (Å²) in [6.45, 7) is 3.41. The Kier molecular flexibility index (Phi) is 49.5. The molecule has 0 aromatic rings. The van der Waals surface area contributed by atoms with Crippen LogP contribution < -0.4 is 0 Å². The monoisotopic (exact) mass is 1410 g/mol. The van der Waals surface area contributed by atoms with Gasteiger partial charge in [-0.15, -0.1) is 0 Å². The number of ether oxygens (including phenoxy) is 7. The van der Waals surface area contributed by atoms with Crippen LogP contribution >= 0.6 is 7.82 Å². The lowest BCUT2D eigenvalue weighted by molar-refractivity contribution is -0.360. The number of carbonyl (C=O) groups is 3. The normalized spacial score (nSPS) is 27.9. The second-order valence-electron chi connectivity index (χ2n) is 27.0. The number of aliphatic hydroxyl groups is 10. The largest absolute Gasteiger partial charge is 0.472 e. The third-order valence-electron chi connectivity index (χ3n) is 18.5. The number of hydrogen-bond donors (Lipinski definition) is 11. The molecule has 0 aromatic heterocycles. The number of phosphoric ester groups is 1. The molecule has 0 radical (unpaired) electrons. The van der Waals surface area contributed by atoms with Gasteiger partial charge >= 0.3 is 25.7 Å². The predicted molar refractivity (Wildman–Crippen MR) is 365 cm³/mol. The van der Waals surface area contributed by atoms with Crippen molar-refractivity contribution in [1.82, 2.24) is 0 Å². The molecule has 0 amide bonds. The van der Waals surface area contributed by atoms with Gasteiger partial charge in [-0.05, 0) is 70.6 Å². The molecule has 1 aliphatic carbocycles. The molecule has 2 aliphatic heterocycles. The average molecular weight is 1410 g/mol. The summed E-state index contributed by atoms with van der Waals surface area (Å²) in [4.78, 5) is 51.0. The molecule has 24 nitrogen and oxygen atoms in total. The molecule has 25 heteroatoms. The quantitative estimate of drug-likeness (QED) is 0.00886. The van der Waals surface area contributed by atoms with Crippen LogP contribution in [0.4, 0.5) is 0 Å². The molecular formula is C72H131O24P. The molecule has 0 bridgehead atoms. The fourth-order valence-corrected chi connectivity index (χ4v) is 13.2. The van der Waals surface area contributed by atoms with Gasteiger partial charge in [0.15, 0.2) is 18.7 Å². The van der Waals surface area contributed by atoms with Crippen LogP contribution in [0.25, 0.3) is 0 Å². The molecule has 3 aliphatic rings. The first-order valence-corrected chi connectivity index (χ1v) is 39.1. The zero-order chi connectivity index (χ0) is 71.1. The van der Waals surface area contributed by atoms with Crippen LogP contribution in [0, 0.1) is 0 Å². The SMILES string of the molecule is CCCCCCCC/C=C\CCCCCC(=O)OCC1OC(OC2C(O)C(O)C(O)C(OC3OC(CO)C(O)C(O)C3O)C2OP(=O)(O)OCC(COC(=O)CCCCC/C=C\CCCCCCCCC)OC(=O)CCCCCCCCCCCCCCCCC)C(O)C(O)C1O. The number of aliphatic hydroxyl groups excluding tert-OH is 10. The van der Waals surface area contributed by atoms with E-state index in [1.165, 1.54) is 128 Å². The molecular weight excluding hydrogens is 1280 g/mol. The average Bonchev–Trinajstić information content (AvgIpc) is 0.764. The molecule has 2 heterocycles. The number of esters is 3. The first kappa shape index (κ1) is 88.7. The highest BCUT2D eigenvalue weighted by Gasteiger charge is 2.58. The van der Waals surface area contributed by atoms with E-state index in [2.05, 4.69) is 45.1 Å². The van der Waals surface area contributed by atoms with Crippen LogP contribution in [0.1, 0.15) is 284 Å². The molecule has 97 heavy (non-hydrogen) atoms. The molecule has 1 saturated carbocycles. The first-order valence-electron chi connectivity index (χ1n) is 37.6. The minimum Gasteiger partial charge on any atom is -0.463 e. The second kappa shape index (κ2) is 54.1. The number of unbranched alkanes of at least 4 members (excludes halogenated alkanes) is 33. The van der Waals surface area contributed by atoms with Gasteiger partial charge in [0, 0.05) is 19.3 Å². The zero-order valence-electron chi connectivity index (χ0n) is 59.1. The minimum atomic E-state index is -5.70. The van der Waals surface area contributed by atoms with Crippen molar-refractivity contribution in [3.63, 3.8) is 0 Å².